The molecule has 9 heteroatoms. The second-order valence-electron chi connectivity index (χ2n) is 6.83. The first-order valence-corrected chi connectivity index (χ1v) is 10.9. The van der Waals surface area contributed by atoms with Crippen molar-refractivity contribution in [2.24, 2.45) is 0 Å². The SMILES string of the molecule is COc1ccccc1NC(=O)C1=C(C)Nc2nc(SC)nn2[C@@H]1c1ccccc1OC. The van der Waals surface area contributed by atoms with E-state index in [1.54, 1.807) is 31.0 Å². The first-order chi connectivity index (χ1) is 15.1. The third-order valence-corrected chi connectivity index (χ3v) is 5.59. The summed E-state index contributed by atoms with van der Waals surface area (Å²) in [6.45, 7) is 1.86. The van der Waals surface area contributed by atoms with E-state index >= 15 is 0 Å². The van der Waals surface area contributed by atoms with Crippen molar-refractivity contribution in [1.29, 1.82) is 0 Å². The van der Waals surface area contributed by atoms with Crippen molar-refractivity contribution < 1.29 is 14.3 Å². The standard InChI is InChI=1S/C22H23N5O3S/c1-13-18(20(28)24-15-10-6-8-12-17(15)30-3)19(14-9-5-7-11-16(14)29-2)27-21(23-13)25-22(26-27)31-4/h5-12,19H,1-4H3,(H,24,28)(H,23,25,26)/t19-/m1/s1. The number of anilines is 2. The van der Waals surface area contributed by atoms with Gasteiger partial charge in [0, 0.05) is 11.3 Å². The molecule has 1 atom stereocenters. The van der Waals surface area contributed by atoms with Crippen molar-refractivity contribution in [3.8, 4) is 11.5 Å². The van der Waals surface area contributed by atoms with Gasteiger partial charge in [0.15, 0.2) is 0 Å². The maximum absolute atomic E-state index is 13.5. The van der Waals surface area contributed by atoms with Crippen LogP contribution in [-0.4, -0.2) is 41.1 Å². The Balaban J connectivity index is 1.83. The van der Waals surface area contributed by atoms with E-state index in [2.05, 4.69) is 20.7 Å². The molecule has 1 aliphatic heterocycles. The van der Waals surface area contributed by atoms with E-state index < -0.39 is 6.04 Å². The maximum Gasteiger partial charge on any atom is 0.255 e. The van der Waals surface area contributed by atoms with Crippen LogP contribution in [0, 0.1) is 0 Å². The zero-order valence-corrected chi connectivity index (χ0v) is 18.5. The number of amides is 1. The Hall–Kier alpha value is -3.46. The average molecular weight is 438 g/mol. The molecule has 0 spiro atoms. The number of benzene rings is 2. The summed E-state index contributed by atoms with van der Waals surface area (Å²) in [7, 11) is 3.18. The molecule has 3 aromatic rings. The molecule has 160 valence electrons. The number of ether oxygens (including phenoxy) is 2. The molecule has 0 fully saturated rings. The fraction of sp³-hybridized carbons (Fsp3) is 0.227. The molecule has 0 unspecified atom stereocenters. The molecule has 0 radical (unpaired) electrons. The fourth-order valence-corrected chi connectivity index (χ4v) is 3.98. The third-order valence-electron chi connectivity index (χ3n) is 5.05. The lowest BCUT2D eigenvalue weighted by Gasteiger charge is -2.29. The van der Waals surface area contributed by atoms with Crippen LogP contribution in [0.15, 0.2) is 65.0 Å². The lowest BCUT2D eigenvalue weighted by Crippen LogP contribution is -2.31. The molecule has 0 aliphatic carbocycles. The summed E-state index contributed by atoms with van der Waals surface area (Å²) in [5, 5.41) is 11.4. The highest BCUT2D eigenvalue weighted by Crippen LogP contribution is 2.40. The van der Waals surface area contributed by atoms with Gasteiger partial charge in [0.25, 0.3) is 5.91 Å². The van der Waals surface area contributed by atoms with Crippen LogP contribution in [0.2, 0.25) is 0 Å². The normalized spacial score (nSPS) is 15.2. The molecular weight excluding hydrogens is 414 g/mol. The highest BCUT2D eigenvalue weighted by atomic mass is 32.2. The number of nitrogens with one attached hydrogen (secondary N) is 2. The Morgan fingerprint density at radius 3 is 2.48 bits per heavy atom. The molecule has 2 aromatic carbocycles. The van der Waals surface area contributed by atoms with Gasteiger partial charge < -0.3 is 20.1 Å². The maximum atomic E-state index is 13.5. The molecule has 2 N–H and O–H groups in total. The fourth-order valence-electron chi connectivity index (χ4n) is 3.63. The summed E-state index contributed by atoms with van der Waals surface area (Å²) < 4.78 is 12.7. The van der Waals surface area contributed by atoms with Crippen LogP contribution in [0.1, 0.15) is 18.5 Å². The van der Waals surface area contributed by atoms with Gasteiger partial charge in [-0.15, -0.1) is 5.10 Å². The van der Waals surface area contributed by atoms with Crippen LogP contribution in [0.3, 0.4) is 0 Å². The zero-order valence-electron chi connectivity index (χ0n) is 17.7. The first-order valence-electron chi connectivity index (χ1n) is 9.63. The predicted molar refractivity (Wildman–Crippen MR) is 121 cm³/mol. The first kappa shape index (κ1) is 20.8. The molecule has 31 heavy (non-hydrogen) atoms. The molecule has 2 heterocycles. The van der Waals surface area contributed by atoms with E-state index in [1.807, 2.05) is 49.6 Å². The Labute approximate surface area is 184 Å². The summed E-state index contributed by atoms with van der Waals surface area (Å²) in [6.07, 6.45) is 1.91. The lowest BCUT2D eigenvalue weighted by atomic mass is 9.94. The van der Waals surface area contributed by atoms with Crippen molar-refractivity contribution in [2.75, 3.05) is 31.1 Å². The zero-order chi connectivity index (χ0) is 22.0. The molecule has 0 saturated carbocycles. The van der Waals surface area contributed by atoms with Crippen LogP contribution < -0.4 is 20.1 Å². The largest absolute Gasteiger partial charge is 0.496 e. The van der Waals surface area contributed by atoms with E-state index in [0.29, 0.717) is 39.6 Å². The van der Waals surface area contributed by atoms with Crippen LogP contribution in [0.25, 0.3) is 0 Å². The second-order valence-corrected chi connectivity index (χ2v) is 7.60. The topological polar surface area (TPSA) is 90.3 Å². The molecular formula is C22H23N5O3S. The van der Waals surface area contributed by atoms with E-state index in [-0.39, 0.29) is 5.91 Å². The van der Waals surface area contributed by atoms with E-state index in [9.17, 15) is 4.79 Å². The second kappa shape index (κ2) is 8.73. The van der Waals surface area contributed by atoms with E-state index in [4.69, 9.17) is 9.47 Å². The van der Waals surface area contributed by atoms with E-state index in [0.717, 1.165) is 5.56 Å². The quantitative estimate of drug-likeness (QED) is 0.565. The Morgan fingerprint density at radius 1 is 1.10 bits per heavy atom. The van der Waals surface area contributed by atoms with Gasteiger partial charge >= 0.3 is 0 Å². The average Bonchev–Trinajstić information content (AvgIpc) is 3.21. The Morgan fingerprint density at radius 2 is 1.77 bits per heavy atom. The monoisotopic (exact) mass is 437 g/mol. The number of carbonyl (C=O) groups is 1. The number of hydrogen-bond acceptors (Lipinski definition) is 7. The van der Waals surface area contributed by atoms with Crippen LogP contribution >= 0.6 is 11.8 Å². The highest BCUT2D eigenvalue weighted by molar-refractivity contribution is 7.98. The van der Waals surface area contributed by atoms with Crippen molar-refractivity contribution in [1.82, 2.24) is 14.8 Å². The summed E-state index contributed by atoms with van der Waals surface area (Å²) in [6, 6.07) is 14.4. The Bertz CT molecular complexity index is 1160. The number of carbonyl (C=O) groups excluding carboxylic acids is 1. The molecule has 1 aliphatic rings. The van der Waals surface area contributed by atoms with Crippen LogP contribution in [0.5, 0.6) is 11.5 Å². The number of thioether (sulfide) groups is 1. The minimum absolute atomic E-state index is 0.266. The molecule has 1 aromatic heterocycles. The number of fused-ring (bicyclic) bond motifs is 1. The summed E-state index contributed by atoms with van der Waals surface area (Å²) in [4.78, 5) is 18.1. The highest BCUT2D eigenvalue weighted by Gasteiger charge is 2.36. The van der Waals surface area contributed by atoms with Gasteiger partial charge in [0.1, 0.15) is 17.5 Å². The lowest BCUT2D eigenvalue weighted by molar-refractivity contribution is -0.113. The van der Waals surface area contributed by atoms with Crippen molar-refractivity contribution in [3.63, 3.8) is 0 Å². The van der Waals surface area contributed by atoms with Crippen molar-refractivity contribution in [3.05, 3.63) is 65.4 Å². The number of hydrogen-bond donors (Lipinski definition) is 2. The van der Waals surface area contributed by atoms with Gasteiger partial charge in [0.05, 0.1) is 25.5 Å². The number of aromatic nitrogens is 3. The predicted octanol–water partition coefficient (Wildman–Crippen LogP) is 3.94. The molecule has 1 amide bonds. The molecule has 4 rings (SSSR count). The van der Waals surface area contributed by atoms with E-state index in [1.165, 1.54) is 11.8 Å². The molecule has 8 nitrogen and oxygen atoms in total. The Kier molecular flexibility index (Phi) is 5.85. The third kappa shape index (κ3) is 3.84. The summed E-state index contributed by atoms with van der Waals surface area (Å²) in [5.41, 5.74) is 2.61. The molecule has 0 bridgehead atoms. The number of para-hydroxylation sites is 3. The number of nitrogens with zero attached hydrogens (tertiary/aromatic N) is 3. The molecule has 0 saturated heterocycles. The van der Waals surface area contributed by atoms with Crippen molar-refractivity contribution in [2.45, 2.75) is 18.1 Å². The van der Waals surface area contributed by atoms with Gasteiger partial charge in [-0.25, -0.2) is 4.68 Å². The summed E-state index contributed by atoms with van der Waals surface area (Å²) >= 11 is 1.44. The van der Waals surface area contributed by atoms with Gasteiger partial charge in [0.2, 0.25) is 11.1 Å². The minimum Gasteiger partial charge on any atom is -0.496 e. The van der Waals surface area contributed by atoms with Gasteiger partial charge in [-0.05, 0) is 31.4 Å². The van der Waals surface area contributed by atoms with Gasteiger partial charge in [-0.1, -0.05) is 42.1 Å². The smallest absolute Gasteiger partial charge is 0.255 e. The van der Waals surface area contributed by atoms with Crippen molar-refractivity contribution >= 4 is 29.3 Å². The number of methoxy groups -OCH3 is 2. The summed E-state index contributed by atoms with van der Waals surface area (Å²) in [5.74, 6) is 1.55. The van der Waals surface area contributed by atoms with Crippen LogP contribution in [0.4, 0.5) is 11.6 Å². The van der Waals surface area contributed by atoms with Gasteiger partial charge in [-0.3, -0.25) is 4.79 Å². The number of rotatable bonds is 6. The minimum atomic E-state index is -0.518. The number of allylic oxidation sites excluding steroid dienone is 1. The van der Waals surface area contributed by atoms with Crippen LogP contribution in [-0.2, 0) is 4.79 Å². The van der Waals surface area contributed by atoms with Gasteiger partial charge in [-0.2, -0.15) is 4.98 Å².